The highest BCUT2D eigenvalue weighted by atomic mass is 35.5. The van der Waals surface area contributed by atoms with Gasteiger partial charge in [-0.1, -0.05) is 5.16 Å². The lowest BCUT2D eigenvalue weighted by Crippen LogP contribution is -1.86. The normalized spacial score (nSPS) is 10.7. The summed E-state index contributed by atoms with van der Waals surface area (Å²) in [6.45, 7) is 1.91. The molecule has 0 unspecified atom stereocenters. The molecule has 2 rings (SSSR count). The number of hydrogen-bond acceptors (Lipinski definition) is 3. The van der Waals surface area contributed by atoms with Gasteiger partial charge in [-0.3, -0.25) is 4.68 Å². The van der Waals surface area contributed by atoms with Crippen molar-refractivity contribution in [3.8, 4) is 11.3 Å². The lowest BCUT2D eigenvalue weighted by molar-refractivity contribution is 0.424. The SMILES string of the molecule is Cc1nn(C)cc1-c1cc(Cl)on1. The van der Waals surface area contributed by atoms with Crippen molar-refractivity contribution in [2.75, 3.05) is 0 Å². The smallest absolute Gasteiger partial charge is 0.226 e. The Labute approximate surface area is 80.1 Å². The summed E-state index contributed by atoms with van der Waals surface area (Å²) >= 11 is 5.61. The zero-order valence-corrected chi connectivity index (χ0v) is 8.04. The summed E-state index contributed by atoms with van der Waals surface area (Å²) in [6, 6.07) is 1.67. The molecule has 0 bridgehead atoms. The van der Waals surface area contributed by atoms with Crippen LogP contribution in [0.2, 0.25) is 5.22 Å². The van der Waals surface area contributed by atoms with E-state index in [1.165, 1.54) is 0 Å². The third-order valence-electron chi connectivity index (χ3n) is 1.77. The van der Waals surface area contributed by atoms with Gasteiger partial charge < -0.3 is 4.52 Å². The molecular formula is C8H8ClN3O. The zero-order chi connectivity index (χ0) is 9.42. The highest BCUT2D eigenvalue weighted by Crippen LogP contribution is 2.23. The number of hydrogen-bond donors (Lipinski definition) is 0. The Morgan fingerprint density at radius 2 is 2.31 bits per heavy atom. The molecule has 68 valence electrons. The first-order chi connectivity index (χ1) is 6.16. The van der Waals surface area contributed by atoms with E-state index < -0.39 is 0 Å². The molecule has 0 spiro atoms. The molecule has 2 aromatic heterocycles. The van der Waals surface area contributed by atoms with Crippen LogP contribution in [0, 0.1) is 6.92 Å². The second kappa shape index (κ2) is 2.88. The first kappa shape index (κ1) is 8.31. The minimum absolute atomic E-state index is 0.290. The van der Waals surface area contributed by atoms with Crippen molar-refractivity contribution < 1.29 is 4.52 Å². The Morgan fingerprint density at radius 3 is 2.77 bits per heavy atom. The van der Waals surface area contributed by atoms with Gasteiger partial charge in [0, 0.05) is 24.9 Å². The fraction of sp³-hybridized carbons (Fsp3) is 0.250. The van der Waals surface area contributed by atoms with Crippen LogP contribution in [0.3, 0.4) is 0 Å². The standard InChI is InChI=1S/C8H8ClN3O/c1-5-6(4-12(2)10-5)7-3-8(9)13-11-7/h3-4H,1-2H3. The molecule has 0 aromatic carbocycles. The van der Waals surface area contributed by atoms with Crippen LogP contribution in [0.4, 0.5) is 0 Å². The quantitative estimate of drug-likeness (QED) is 0.703. The van der Waals surface area contributed by atoms with E-state index in [2.05, 4.69) is 10.3 Å². The topological polar surface area (TPSA) is 43.9 Å². The average Bonchev–Trinajstić information content (AvgIpc) is 2.58. The van der Waals surface area contributed by atoms with Crippen LogP contribution >= 0.6 is 11.6 Å². The third-order valence-corrected chi connectivity index (χ3v) is 1.95. The molecule has 0 saturated heterocycles. The maximum Gasteiger partial charge on any atom is 0.226 e. The summed E-state index contributed by atoms with van der Waals surface area (Å²) in [7, 11) is 1.86. The molecule has 0 aliphatic heterocycles. The Hall–Kier alpha value is -1.29. The van der Waals surface area contributed by atoms with Crippen LogP contribution in [-0.2, 0) is 7.05 Å². The van der Waals surface area contributed by atoms with Crippen molar-refractivity contribution in [3.05, 3.63) is 23.2 Å². The highest BCUT2D eigenvalue weighted by molar-refractivity contribution is 6.29. The van der Waals surface area contributed by atoms with Gasteiger partial charge in [0.05, 0.1) is 5.69 Å². The van der Waals surface area contributed by atoms with E-state index in [4.69, 9.17) is 16.1 Å². The molecule has 0 fully saturated rings. The highest BCUT2D eigenvalue weighted by Gasteiger charge is 2.10. The molecule has 0 saturated carbocycles. The second-order valence-electron chi connectivity index (χ2n) is 2.82. The zero-order valence-electron chi connectivity index (χ0n) is 7.28. The van der Waals surface area contributed by atoms with Gasteiger partial charge in [-0.15, -0.1) is 0 Å². The molecule has 2 heterocycles. The number of aromatic nitrogens is 3. The second-order valence-corrected chi connectivity index (χ2v) is 3.19. The van der Waals surface area contributed by atoms with Gasteiger partial charge in [0.1, 0.15) is 5.69 Å². The molecule has 0 radical (unpaired) electrons. The summed E-state index contributed by atoms with van der Waals surface area (Å²) in [5, 5.41) is 8.28. The van der Waals surface area contributed by atoms with E-state index in [1.807, 2.05) is 20.2 Å². The summed E-state index contributed by atoms with van der Waals surface area (Å²) < 4.78 is 6.49. The molecule has 13 heavy (non-hydrogen) atoms. The summed E-state index contributed by atoms with van der Waals surface area (Å²) in [4.78, 5) is 0. The van der Waals surface area contributed by atoms with Crippen LogP contribution in [-0.4, -0.2) is 14.9 Å². The number of halogens is 1. The molecule has 0 amide bonds. The molecule has 4 nitrogen and oxygen atoms in total. The lowest BCUT2D eigenvalue weighted by atomic mass is 10.2. The van der Waals surface area contributed by atoms with E-state index in [1.54, 1.807) is 10.7 Å². The van der Waals surface area contributed by atoms with E-state index in [0.29, 0.717) is 5.22 Å². The summed E-state index contributed by atoms with van der Waals surface area (Å²) in [6.07, 6.45) is 1.88. The lowest BCUT2D eigenvalue weighted by Gasteiger charge is -1.87. The Kier molecular flexibility index (Phi) is 1.84. The van der Waals surface area contributed by atoms with Gasteiger partial charge in [0.2, 0.25) is 5.22 Å². The number of aryl methyl sites for hydroxylation is 2. The van der Waals surface area contributed by atoms with Gasteiger partial charge in [-0.2, -0.15) is 5.10 Å². The molecule has 2 aromatic rings. The molecule has 0 N–H and O–H groups in total. The van der Waals surface area contributed by atoms with Crippen LogP contribution in [0.15, 0.2) is 16.8 Å². The van der Waals surface area contributed by atoms with Gasteiger partial charge in [-0.05, 0) is 18.5 Å². The Bertz CT molecular complexity index is 432. The fourth-order valence-corrected chi connectivity index (χ4v) is 1.37. The van der Waals surface area contributed by atoms with Crippen LogP contribution in [0.25, 0.3) is 11.3 Å². The Morgan fingerprint density at radius 1 is 1.54 bits per heavy atom. The number of rotatable bonds is 1. The minimum atomic E-state index is 0.290. The van der Waals surface area contributed by atoms with Gasteiger partial charge in [0.25, 0.3) is 0 Å². The van der Waals surface area contributed by atoms with Gasteiger partial charge in [0.15, 0.2) is 0 Å². The van der Waals surface area contributed by atoms with Crippen molar-refractivity contribution in [1.29, 1.82) is 0 Å². The maximum absolute atomic E-state index is 5.61. The van der Waals surface area contributed by atoms with E-state index >= 15 is 0 Å². The van der Waals surface area contributed by atoms with Crippen LogP contribution in [0.1, 0.15) is 5.69 Å². The number of nitrogens with zero attached hydrogens (tertiary/aromatic N) is 3. The average molecular weight is 198 g/mol. The fourth-order valence-electron chi connectivity index (χ4n) is 1.23. The van der Waals surface area contributed by atoms with Crippen LogP contribution < -0.4 is 0 Å². The van der Waals surface area contributed by atoms with Crippen molar-refractivity contribution >= 4 is 11.6 Å². The largest absolute Gasteiger partial charge is 0.344 e. The summed E-state index contributed by atoms with van der Waals surface area (Å²) in [5.41, 5.74) is 2.57. The van der Waals surface area contributed by atoms with Crippen molar-refractivity contribution in [3.63, 3.8) is 0 Å². The molecular weight excluding hydrogens is 190 g/mol. The predicted octanol–water partition coefficient (Wildman–Crippen LogP) is 2.04. The molecule has 0 aliphatic carbocycles. The minimum Gasteiger partial charge on any atom is -0.344 e. The van der Waals surface area contributed by atoms with Gasteiger partial charge >= 0.3 is 0 Å². The van der Waals surface area contributed by atoms with Crippen molar-refractivity contribution in [2.24, 2.45) is 7.05 Å². The van der Waals surface area contributed by atoms with Crippen molar-refractivity contribution in [1.82, 2.24) is 14.9 Å². The molecule has 0 atom stereocenters. The van der Waals surface area contributed by atoms with E-state index in [9.17, 15) is 0 Å². The summed E-state index contributed by atoms with van der Waals surface area (Å²) in [5.74, 6) is 0. The van der Waals surface area contributed by atoms with Crippen molar-refractivity contribution in [2.45, 2.75) is 6.92 Å². The first-order valence-electron chi connectivity index (χ1n) is 3.79. The maximum atomic E-state index is 5.61. The van der Waals surface area contributed by atoms with E-state index in [0.717, 1.165) is 17.0 Å². The monoisotopic (exact) mass is 197 g/mol. The molecule has 5 heteroatoms. The van der Waals surface area contributed by atoms with Crippen LogP contribution in [0.5, 0.6) is 0 Å². The van der Waals surface area contributed by atoms with E-state index in [-0.39, 0.29) is 0 Å². The first-order valence-corrected chi connectivity index (χ1v) is 4.17. The Balaban J connectivity index is 2.51. The third kappa shape index (κ3) is 1.45. The molecule has 0 aliphatic rings. The predicted molar refractivity (Wildman–Crippen MR) is 48.5 cm³/mol. The van der Waals surface area contributed by atoms with Gasteiger partial charge in [-0.25, -0.2) is 0 Å².